The number of hydrogen-bond donors (Lipinski definition) is 1. The van der Waals surface area contributed by atoms with Gasteiger partial charge in [-0.25, -0.2) is 0 Å². The topological polar surface area (TPSA) is 28.2 Å². The van der Waals surface area contributed by atoms with Crippen LogP contribution in [0.15, 0.2) is 18.3 Å². The van der Waals surface area contributed by atoms with E-state index in [0.29, 0.717) is 6.04 Å². The van der Waals surface area contributed by atoms with Crippen LogP contribution in [0.25, 0.3) is 0 Å². The predicted octanol–water partition coefficient (Wildman–Crippen LogP) is 1.61. The van der Waals surface area contributed by atoms with Gasteiger partial charge in [0.05, 0.1) is 5.69 Å². The molecule has 0 amide bonds. The van der Waals surface area contributed by atoms with E-state index in [9.17, 15) is 0 Å². The molecule has 16 heavy (non-hydrogen) atoms. The number of nitrogens with one attached hydrogen (secondary N) is 1. The molecule has 2 heterocycles. The highest BCUT2D eigenvalue weighted by molar-refractivity contribution is 5.85. The van der Waals surface area contributed by atoms with Gasteiger partial charge in [-0.3, -0.25) is 9.88 Å². The number of aromatic nitrogens is 1. The summed E-state index contributed by atoms with van der Waals surface area (Å²) in [6.45, 7) is 8.62. The van der Waals surface area contributed by atoms with E-state index in [2.05, 4.69) is 41.2 Å². The predicted molar refractivity (Wildman–Crippen MR) is 69.0 cm³/mol. The molecule has 1 aromatic heterocycles. The van der Waals surface area contributed by atoms with E-state index in [1.807, 2.05) is 6.20 Å². The van der Waals surface area contributed by atoms with Crippen LogP contribution < -0.4 is 5.32 Å². The van der Waals surface area contributed by atoms with E-state index in [-0.39, 0.29) is 12.4 Å². The Bertz CT molecular complexity index is 313. The molecule has 1 aliphatic heterocycles. The van der Waals surface area contributed by atoms with Gasteiger partial charge in [-0.1, -0.05) is 6.07 Å². The van der Waals surface area contributed by atoms with Gasteiger partial charge in [0.15, 0.2) is 0 Å². The molecule has 1 saturated heterocycles. The number of nitrogens with zero attached hydrogens (tertiary/aromatic N) is 2. The van der Waals surface area contributed by atoms with E-state index in [1.54, 1.807) is 0 Å². The van der Waals surface area contributed by atoms with Crippen LogP contribution in [-0.4, -0.2) is 35.6 Å². The molecule has 1 unspecified atom stereocenters. The molecule has 0 radical (unpaired) electrons. The summed E-state index contributed by atoms with van der Waals surface area (Å²) in [6, 6.07) is 4.88. The van der Waals surface area contributed by atoms with Crippen LogP contribution in [-0.2, 0) is 6.54 Å². The maximum Gasteiger partial charge on any atom is 0.0544 e. The van der Waals surface area contributed by atoms with Crippen molar-refractivity contribution in [3.63, 3.8) is 0 Å². The van der Waals surface area contributed by atoms with Crippen LogP contribution in [0.4, 0.5) is 0 Å². The minimum Gasteiger partial charge on any atom is -0.314 e. The van der Waals surface area contributed by atoms with Crippen LogP contribution in [0, 0.1) is 6.92 Å². The van der Waals surface area contributed by atoms with Gasteiger partial charge in [-0.2, -0.15) is 0 Å². The van der Waals surface area contributed by atoms with Crippen LogP contribution in [0.3, 0.4) is 0 Å². The van der Waals surface area contributed by atoms with Gasteiger partial charge in [0.25, 0.3) is 0 Å². The zero-order valence-electron chi connectivity index (χ0n) is 9.94. The normalized spacial score (nSPS) is 21.5. The lowest BCUT2D eigenvalue weighted by Crippen LogP contribution is -2.49. The summed E-state index contributed by atoms with van der Waals surface area (Å²) in [5, 5.41) is 3.40. The summed E-state index contributed by atoms with van der Waals surface area (Å²) in [7, 11) is 0. The summed E-state index contributed by atoms with van der Waals surface area (Å²) in [5.74, 6) is 0. The fourth-order valence-electron chi connectivity index (χ4n) is 1.92. The second kappa shape index (κ2) is 6.18. The van der Waals surface area contributed by atoms with Crippen LogP contribution >= 0.6 is 12.4 Å². The Kier molecular flexibility index (Phi) is 5.19. The summed E-state index contributed by atoms with van der Waals surface area (Å²) in [5.41, 5.74) is 2.40. The fraction of sp³-hybridized carbons (Fsp3) is 0.583. The van der Waals surface area contributed by atoms with E-state index in [1.165, 1.54) is 11.3 Å². The van der Waals surface area contributed by atoms with Crippen molar-refractivity contribution in [1.29, 1.82) is 0 Å². The van der Waals surface area contributed by atoms with Gasteiger partial charge in [-0.05, 0) is 25.5 Å². The van der Waals surface area contributed by atoms with Gasteiger partial charge in [0, 0.05) is 38.4 Å². The molecule has 0 aliphatic carbocycles. The van der Waals surface area contributed by atoms with Gasteiger partial charge in [-0.15, -0.1) is 12.4 Å². The maximum absolute atomic E-state index is 4.44. The van der Waals surface area contributed by atoms with E-state index in [0.717, 1.165) is 26.2 Å². The number of rotatable bonds is 2. The largest absolute Gasteiger partial charge is 0.314 e. The second-order valence-corrected chi connectivity index (χ2v) is 4.35. The molecule has 2 rings (SSSR count). The first-order valence-electron chi connectivity index (χ1n) is 5.62. The fourth-order valence-corrected chi connectivity index (χ4v) is 1.92. The van der Waals surface area contributed by atoms with Gasteiger partial charge in [0.2, 0.25) is 0 Å². The molecule has 0 saturated carbocycles. The molecule has 1 N–H and O–H groups in total. The van der Waals surface area contributed by atoms with Crippen molar-refractivity contribution < 1.29 is 0 Å². The molecule has 4 heteroatoms. The Morgan fingerprint density at radius 3 is 2.94 bits per heavy atom. The van der Waals surface area contributed by atoms with Crippen molar-refractivity contribution >= 4 is 12.4 Å². The van der Waals surface area contributed by atoms with E-state index < -0.39 is 0 Å². The summed E-state index contributed by atoms with van der Waals surface area (Å²) >= 11 is 0. The molecule has 3 nitrogen and oxygen atoms in total. The molecule has 1 aliphatic rings. The van der Waals surface area contributed by atoms with Crippen molar-refractivity contribution in [3.05, 3.63) is 29.6 Å². The zero-order valence-corrected chi connectivity index (χ0v) is 10.8. The highest BCUT2D eigenvalue weighted by Crippen LogP contribution is 2.08. The average Bonchev–Trinajstić information content (AvgIpc) is 2.25. The number of hydrogen-bond acceptors (Lipinski definition) is 3. The summed E-state index contributed by atoms with van der Waals surface area (Å²) in [6.07, 6.45) is 1.95. The minimum absolute atomic E-state index is 0. The molecule has 0 spiro atoms. The third kappa shape index (κ3) is 3.44. The number of halogens is 1. The second-order valence-electron chi connectivity index (χ2n) is 4.35. The van der Waals surface area contributed by atoms with Crippen molar-refractivity contribution in [1.82, 2.24) is 15.2 Å². The number of aryl methyl sites for hydroxylation is 1. The first-order valence-corrected chi connectivity index (χ1v) is 5.62. The van der Waals surface area contributed by atoms with E-state index >= 15 is 0 Å². The van der Waals surface area contributed by atoms with E-state index in [4.69, 9.17) is 0 Å². The number of pyridine rings is 1. The van der Waals surface area contributed by atoms with Crippen molar-refractivity contribution in [2.75, 3.05) is 19.6 Å². The highest BCUT2D eigenvalue weighted by atomic mass is 35.5. The summed E-state index contributed by atoms with van der Waals surface area (Å²) < 4.78 is 0. The third-order valence-corrected chi connectivity index (χ3v) is 2.98. The van der Waals surface area contributed by atoms with Crippen LogP contribution in [0.5, 0.6) is 0 Å². The molecule has 90 valence electrons. The molecule has 1 fully saturated rings. The lowest BCUT2D eigenvalue weighted by atomic mass is 10.2. The first kappa shape index (κ1) is 13.4. The first-order chi connectivity index (χ1) is 7.25. The Morgan fingerprint density at radius 2 is 2.31 bits per heavy atom. The van der Waals surface area contributed by atoms with Crippen molar-refractivity contribution in [3.8, 4) is 0 Å². The Balaban J connectivity index is 0.00000128. The van der Waals surface area contributed by atoms with Crippen LogP contribution in [0.2, 0.25) is 0 Å². The maximum atomic E-state index is 4.44. The number of piperazine rings is 1. The van der Waals surface area contributed by atoms with Gasteiger partial charge < -0.3 is 5.32 Å². The van der Waals surface area contributed by atoms with Crippen molar-refractivity contribution in [2.24, 2.45) is 0 Å². The van der Waals surface area contributed by atoms with Gasteiger partial charge >= 0.3 is 0 Å². The lowest BCUT2D eigenvalue weighted by molar-refractivity contribution is 0.164. The Hall–Kier alpha value is -0.640. The monoisotopic (exact) mass is 241 g/mol. The zero-order chi connectivity index (χ0) is 10.7. The van der Waals surface area contributed by atoms with Crippen LogP contribution in [0.1, 0.15) is 18.2 Å². The highest BCUT2D eigenvalue weighted by Gasteiger charge is 2.17. The molecule has 0 bridgehead atoms. The average molecular weight is 242 g/mol. The molecular weight excluding hydrogens is 222 g/mol. The Labute approximate surface area is 104 Å². The molecular formula is C12H20ClN3. The SMILES string of the molecule is Cc1ccc(CN2CCNCC2C)nc1.Cl. The third-order valence-electron chi connectivity index (χ3n) is 2.98. The lowest BCUT2D eigenvalue weighted by Gasteiger charge is -2.33. The summed E-state index contributed by atoms with van der Waals surface area (Å²) in [4.78, 5) is 6.93. The Morgan fingerprint density at radius 1 is 1.50 bits per heavy atom. The standard InChI is InChI=1S/C12H19N3.ClH/c1-10-3-4-12(14-7-10)9-15-6-5-13-8-11(15)2;/h3-4,7,11,13H,5-6,8-9H2,1-2H3;1H. The molecule has 1 aromatic rings. The minimum atomic E-state index is 0. The van der Waals surface area contributed by atoms with Gasteiger partial charge in [0.1, 0.15) is 0 Å². The quantitative estimate of drug-likeness (QED) is 0.853. The molecule has 0 aromatic carbocycles. The van der Waals surface area contributed by atoms with Crippen molar-refractivity contribution in [2.45, 2.75) is 26.4 Å². The smallest absolute Gasteiger partial charge is 0.0544 e. The molecule has 1 atom stereocenters.